The van der Waals surface area contributed by atoms with Crippen molar-refractivity contribution < 1.29 is 22.3 Å². The number of hydrogen-bond acceptors (Lipinski definition) is 1. The minimum absolute atomic E-state index is 0.0416. The van der Waals surface area contributed by atoms with Crippen LogP contribution in [0.1, 0.15) is 51.9 Å². The van der Waals surface area contributed by atoms with Crippen LogP contribution in [0.15, 0.2) is 0 Å². The summed E-state index contributed by atoms with van der Waals surface area (Å²) in [6.07, 6.45) is -0.727. The lowest BCUT2D eigenvalue weighted by molar-refractivity contribution is -0.0956. The van der Waals surface area contributed by atoms with E-state index in [0.717, 1.165) is 0 Å². The fourth-order valence-corrected chi connectivity index (χ4v) is 4.12. The van der Waals surface area contributed by atoms with Gasteiger partial charge in [0.1, 0.15) is 6.17 Å². The first-order chi connectivity index (χ1) is 9.90. The van der Waals surface area contributed by atoms with E-state index < -0.39 is 30.3 Å². The summed E-state index contributed by atoms with van der Waals surface area (Å²) in [5.41, 5.74) is 0. The topological polar surface area (TPSA) is 9.23 Å². The Labute approximate surface area is 124 Å². The fraction of sp³-hybridized carbons (Fsp3) is 1.00. The van der Waals surface area contributed by atoms with E-state index in [-0.39, 0.29) is 18.3 Å². The summed E-state index contributed by atoms with van der Waals surface area (Å²) in [6.45, 7) is 1.50. The highest BCUT2D eigenvalue weighted by Gasteiger charge is 2.46. The van der Waals surface area contributed by atoms with Crippen molar-refractivity contribution in [2.45, 2.75) is 76.2 Å². The van der Waals surface area contributed by atoms with Crippen LogP contribution in [0.25, 0.3) is 0 Å². The number of hydrogen-bond donors (Lipinski definition) is 0. The number of ether oxygens (including phenoxy) is 1. The summed E-state index contributed by atoms with van der Waals surface area (Å²) >= 11 is 0. The smallest absolute Gasteiger partial charge is 0.250 e. The van der Waals surface area contributed by atoms with Crippen LogP contribution in [-0.2, 0) is 4.74 Å². The van der Waals surface area contributed by atoms with Crippen LogP contribution >= 0.6 is 0 Å². The van der Waals surface area contributed by atoms with Gasteiger partial charge in [0.2, 0.25) is 0 Å². The zero-order chi connectivity index (χ0) is 15.6. The van der Waals surface area contributed by atoms with E-state index in [0.29, 0.717) is 38.5 Å². The highest BCUT2D eigenvalue weighted by molar-refractivity contribution is 4.94. The van der Waals surface area contributed by atoms with Gasteiger partial charge >= 0.3 is 0 Å². The SMILES string of the molecule is CCC(F)(F)C1CCC(C2CCC(OC)C(F)C2F)CC1. The Morgan fingerprint density at radius 3 is 2.10 bits per heavy atom. The molecule has 4 atom stereocenters. The van der Waals surface area contributed by atoms with E-state index in [9.17, 15) is 17.6 Å². The van der Waals surface area contributed by atoms with Crippen molar-refractivity contribution in [3.8, 4) is 0 Å². The second-order valence-corrected chi connectivity index (χ2v) is 6.63. The molecule has 0 aromatic heterocycles. The minimum Gasteiger partial charge on any atom is -0.378 e. The highest BCUT2D eigenvalue weighted by atomic mass is 19.3. The summed E-state index contributed by atoms with van der Waals surface area (Å²) in [6, 6.07) is 0. The maximum Gasteiger partial charge on any atom is 0.250 e. The molecule has 0 bridgehead atoms. The second kappa shape index (κ2) is 6.84. The number of rotatable bonds is 4. The van der Waals surface area contributed by atoms with E-state index in [4.69, 9.17) is 4.74 Å². The van der Waals surface area contributed by atoms with Gasteiger partial charge in [0.25, 0.3) is 5.92 Å². The Morgan fingerprint density at radius 1 is 0.952 bits per heavy atom. The predicted molar refractivity (Wildman–Crippen MR) is 74.0 cm³/mol. The molecule has 0 saturated heterocycles. The molecule has 0 aliphatic heterocycles. The third-order valence-corrected chi connectivity index (χ3v) is 5.60. The largest absolute Gasteiger partial charge is 0.378 e. The van der Waals surface area contributed by atoms with Crippen molar-refractivity contribution in [1.29, 1.82) is 0 Å². The monoisotopic (exact) mass is 310 g/mol. The molecule has 0 aromatic carbocycles. The minimum atomic E-state index is -2.61. The second-order valence-electron chi connectivity index (χ2n) is 6.63. The Bertz CT molecular complexity index is 328. The molecule has 2 fully saturated rings. The van der Waals surface area contributed by atoms with Crippen molar-refractivity contribution in [2.75, 3.05) is 7.11 Å². The molecule has 0 N–H and O–H groups in total. The molecule has 1 nitrogen and oxygen atoms in total. The molecule has 21 heavy (non-hydrogen) atoms. The van der Waals surface area contributed by atoms with E-state index in [1.54, 1.807) is 0 Å². The summed E-state index contributed by atoms with van der Waals surface area (Å²) in [7, 11) is 1.41. The maximum atomic E-state index is 14.3. The summed E-state index contributed by atoms with van der Waals surface area (Å²) < 4.78 is 60.6. The van der Waals surface area contributed by atoms with Gasteiger partial charge in [-0.3, -0.25) is 0 Å². The molecular weight excluding hydrogens is 284 g/mol. The van der Waals surface area contributed by atoms with Crippen LogP contribution in [0.3, 0.4) is 0 Å². The van der Waals surface area contributed by atoms with Crippen LogP contribution in [-0.4, -0.2) is 31.5 Å². The lowest BCUT2D eigenvalue weighted by Gasteiger charge is -2.41. The number of alkyl halides is 4. The van der Waals surface area contributed by atoms with Crippen molar-refractivity contribution in [3.63, 3.8) is 0 Å². The first-order valence-corrected chi connectivity index (χ1v) is 8.09. The lowest BCUT2D eigenvalue weighted by atomic mass is 9.68. The zero-order valence-corrected chi connectivity index (χ0v) is 12.8. The molecule has 4 unspecified atom stereocenters. The molecule has 124 valence electrons. The first kappa shape index (κ1) is 17.0. The molecule has 2 saturated carbocycles. The van der Waals surface area contributed by atoms with Crippen molar-refractivity contribution in [1.82, 2.24) is 0 Å². The first-order valence-electron chi connectivity index (χ1n) is 8.09. The van der Waals surface area contributed by atoms with E-state index in [1.165, 1.54) is 14.0 Å². The Morgan fingerprint density at radius 2 is 1.57 bits per heavy atom. The number of methoxy groups -OCH3 is 1. The maximum absolute atomic E-state index is 14.3. The average Bonchev–Trinajstić information content (AvgIpc) is 2.50. The third kappa shape index (κ3) is 3.54. The quantitative estimate of drug-likeness (QED) is 0.668. The van der Waals surface area contributed by atoms with Crippen molar-refractivity contribution in [2.24, 2.45) is 17.8 Å². The molecule has 0 aromatic rings. The molecule has 2 aliphatic rings. The molecule has 0 heterocycles. The average molecular weight is 310 g/mol. The molecule has 2 aliphatic carbocycles. The van der Waals surface area contributed by atoms with Gasteiger partial charge in [0, 0.05) is 19.4 Å². The van der Waals surface area contributed by atoms with Gasteiger partial charge in [-0.15, -0.1) is 0 Å². The van der Waals surface area contributed by atoms with Gasteiger partial charge in [0.05, 0.1) is 6.10 Å². The van der Waals surface area contributed by atoms with Crippen LogP contribution in [0.4, 0.5) is 17.6 Å². The van der Waals surface area contributed by atoms with Gasteiger partial charge in [-0.2, -0.15) is 0 Å². The molecule has 5 heteroatoms. The van der Waals surface area contributed by atoms with Crippen LogP contribution in [0.2, 0.25) is 0 Å². The van der Waals surface area contributed by atoms with Gasteiger partial charge in [-0.05, 0) is 50.4 Å². The Kier molecular flexibility index (Phi) is 5.55. The number of halogens is 4. The molecule has 2 rings (SSSR count). The zero-order valence-electron chi connectivity index (χ0n) is 12.8. The summed E-state index contributed by atoms with van der Waals surface area (Å²) in [5, 5.41) is 0. The molecular formula is C16H26F4O. The Balaban J connectivity index is 1.91. The van der Waals surface area contributed by atoms with Gasteiger partial charge in [-0.25, -0.2) is 17.6 Å². The van der Waals surface area contributed by atoms with Gasteiger partial charge < -0.3 is 4.74 Å². The van der Waals surface area contributed by atoms with Crippen molar-refractivity contribution >= 4 is 0 Å². The lowest BCUT2D eigenvalue weighted by Crippen LogP contribution is -2.46. The van der Waals surface area contributed by atoms with E-state index >= 15 is 0 Å². The van der Waals surface area contributed by atoms with E-state index in [1.807, 2.05) is 0 Å². The van der Waals surface area contributed by atoms with Crippen LogP contribution < -0.4 is 0 Å². The third-order valence-electron chi connectivity index (χ3n) is 5.60. The molecule has 0 amide bonds. The Hall–Kier alpha value is -0.320. The molecule has 0 radical (unpaired) electrons. The van der Waals surface area contributed by atoms with Gasteiger partial charge in [0.15, 0.2) is 6.17 Å². The molecule has 0 spiro atoms. The predicted octanol–water partition coefficient (Wildman–Crippen LogP) is 4.94. The summed E-state index contributed by atoms with van der Waals surface area (Å²) in [5.74, 6) is -3.49. The van der Waals surface area contributed by atoms with Crippen LogP contribution in [0.5, 0.6) is 0 Å². The highest BCUT2D eigenvalue weighted by Crippen LogP contribution is 2.46. The van der Waals surface area contributed by atoms with Crippen molar-refractivity contribution in [3.05, 3.63) is 0 Å². The summed E-state index contributed by atoms with van der Waals surface area (Å²) in [4.78, 5) is 0. The fourth-order valence-electron chi connectivity index (χ4n) is 4.12. The van der Waals surface area contributed by atoms with E-state index in [2.05, 4.69) is 0 Å². The van der Waals surface area contributed by atoms with Gasteiger partial charge in [-0.1, -0.05) is 6.92 Å². The normalized spacial score (nSPS) is 42.0. The van der Waals surface area contributed by atoms with Crippen LogP contribution in [0, 0.1) is 17.8 Å². The standard InChI is InChI=1S/C16H26F4O/c1-3-16(19,20)11-6-4-10(5-7-11)12-8-9-13(21-2)15(18)14(12)17/h10-15H,3-9H2,1-2H3.